The van der Waals surface area contributed by atoms with Crippen LogP contribution in [0, 0.1) is 27.4 Å². The number of aromatic nitrogens is 1. The summed E-state index contributed by atoms with van der Waals surface area (Å²) in [7, 11) is -5.02. The zero-order valence-electron chi connectivity index (χ0n) is 30.5. The Morgan fingerprint density at radius 2 is 2.13 bits per heavy atom. The van der Waals surface area contributed by atoms with Gasteiger partial charge in [-0.05, 0) is 62.9 Å². The first-order valence-corrected chi connectivity index (χ1v) is 10.0. The molecule has 3 aromatic rings. The van der Waals surface area contributed by atoms with Crippen LogP contribution in [0.3, 0.4) is 0 Å². The van der Waals surface area contributed by atoms with Gasteiger partial charge in [-0.1, -0.05) is 11.2 Å². The Hall–Kier alpha value is -2.98. The van der Waals surface area contributed by atoms with E-state index < -0.39 is 111 Å². The van der Waals surface area contributed by atoms with E-state index in [0.29, 0.717) is 17.4 Å². The molecule has 158 valence electrons. The lowest BCUT2D eigenvalue weighted by Crippen LogP contribution is -2.20. The SMILES string of the molecule is [2H]c1c(C([2H])([2H])[2H])cc(C(=O)C([2H])([2H])[2H])c(NC(=O)c2sccc2S(=O)(=O)Nc2onc(C([2H])([2H])[2H])c2C([2H])([2H])[2H])c1C([2H])([2H])[2H]. The third-order valence-electron chi connectivity index (χ3n) is 3.59. The number of hydrogen-bond donors (Lipinski definition) is 2. The predicted molar refractivity (Wildman–Crippen MR) is 115 cm³/mol. The number of ketones is 1. The number of thiophene rings is 1. The number of hydrogen-bond acceptors (Lipinski definition) is 7. The highest BCUT2D eigenvalue weighted by molar-refractivity contribution is 7.93. The summed E-state index contributed by atoms with van der Waals surface area (Å²) in [6, 6.07) is 0.0986. The van der Waals surface area contributed by atoms with E-state index in [0.717, 1.165) is 11.4 Å². The first-order valence-electron chi connectivity index (χ1n) is 15.6. The van der Waals surface area contributed by atoms with Gasteiger partial charge in [-0.2, -0.15) is 0 Å². The van der Waals surface area contributed by atoms with Gasteiger partial charge in [-0.15, -0.1) is 11.3 Å². The summed E-state index contributed by atoms with van der Waals surface area (Å²) in [5, 5.41) is 6.15. The quantitative estimate of drug-likeness (QED) is 0.528. The van der Waals surface area contributed by atoms with Crippen molar-refractivity contribution in [3.05, 3.63) is 56.4 Å². The maximum absolute atomic E-state index is 13.5. The van der Waals surface area contributed by atoms with E-state index in [1.54, 1.807) is 4.72 Å². The second-order valence-corrected chi connectivity index (χ2v) is 8.15. The van der Waals surface area contributed by atoms with E-state index in [1.807, 2.05) is 5.32 Å². The molecule has 2 heterocycles. The zero-order chi connectivity index (χ0) is 35.6. The summed E-state index contributed by atoms with van der Waals surface area (Å²) in [5.41, 5.74) is -6.59. The molecule has 0 bridgehead atoms. The van der Waals surface area contributed by atoms with Crippen molar-refractivity contribution in [1.29, 1.82) is 0 Å². The second-order valence-electron chi connectivity index (χ2n) is 5.58. The molecule has 1 amide bonds. The smallest absolute Gasteiger partial charge is 0.267 e. The lowest BCUT2D eigenvalue weighted by molar-refractivity contribution is 0.101. The topological polar surface area (TPSA) is 118 Å². The van der Waals surface area contributed by atoms with Gasteiger partial charge in [-0.3, -0.25) is 9.59 Å². The summed E-state index contributed by atoms with van der Waals surface area (Å²) in [6.45, 7) is -16.5. The van der Waals surface area contributed by atoms with Crippen molar-refractivity contribution in [2.75, 3.05) is 10.0 Å². The zero-order valence-corrected chi connectivity index (χ0v) is 16.2. The third kappa shape index (κ3) is 4.14. The maximum Gasteiger partial charge on any atom is 0.267 e. The van der Waals surface area contributed by atoms with Crippen molar-refractivity contribution in [3.63, 3.8) is 0 Å². The Kier molecular flexibility index (Phi) is 2.42. The number of rotatable bonds is 6. The van der Waals surface area contributed by atoms with Gasteiger partial charge in [0.25, 0.3) is 15.9 Å². The van der Waals surface area contributed by atoms with Crippen molar-refractivity contribution in [1.82, 2.24) is 5.16 Å². The third-order valence-corrected chi connectivity index (χ3v) is 6.01. The van der Waals surface area contributed by atoms with Crippen LogP contribution in [0.2, 0.25) is 0 Å². The van der Waals surface area contributed by atoms with Crippen molar-refractivity contribution < 1.29 is 44.5 Å². The van der Waals surface area contributed by atoms with Gasteiger partial charge in [0, 0.05) is 31.7 Å². The van der Waals surface area contributed by atoms with E-state index in [9.17, 15) is 18.0 Å². The van der Waals surface area contributed by atoms with Crippen molar-refractivity contribution >= 4 is 44.6 Å². The molecule has 0 unspecified atom stereocenters. The molecule has 10 heteroatoms. The molecule has 0 spiro atoms. The molecule has 8 nitrogen and oxygen atoms in total. The number of anilines is 2. The number of carbonyl (C=O) groups excluding carboxylic acids is 2. The van der Waals surface area contributed by atoms with Gasteiger partial charge in [0.05, 0.1) is 12.8 Å². The molecule has 1 aromatic carbocycles. The molecule has 2 N–H and O–H groups in total. The standard InChI is InChI=1S/C20H21N3O5S2/c1-10-8-11(2)17(15(9-10)14(5)24)21-19(25)18-16(6-7-29-18)30(26,27)23-20-12(3)13(4)22-28-20/h6-9,23H,1-5H3,(H,21,25)/i1D3,2D3,3D3,4D3,5D3,8D. The van der Waals surface area contributed by atoms with Gasteiger partial charge >= 0.3 is 0 Å². The van der Waals surface area contributed by atoms with E-state index in [1.165, 1.54) is 0 Å². The van der Waals surface area contributed by atoms with Crippen molar-refractivity contribution in [2.45, 2.75) is 39.2 Å². The van der Waals surface area contributed by atoms with Gasteiger partial charge in [0.2, 0.25) is 5.88 Å². The van der Waals surface area contributed by atoms with Crippen LogP contribution in [-0.2, 0) is 10.0 Å². The van der Waals surface area contributed by atoms with E-state index in [4.69, 9.17) is 21.9 Å². The molecule has 0 fully saturated rings. The van der Waals surface area contributed by atoms with Crippen molar-refractivity contribution in [3.8, 4) is 0 Å². The molecule has 0 saturated heterocycles. The second kappa shape index (κ2) is 8.04. The van der Waals surface area contributed by atoms with Crippen LogP contribution in [0.4, 0.5) is 11.6 Å². The fourth-order valence-corrected chi connectivity index (χ4v) is 4.59. The number of carbonyl (C=O) groups is 2. The Balaban J connectivity index is 2.20. The highest BCUT2D eigenvalue weighted by atomic mass is 32.2. The molecule has 0 aliphatic heterocycles. The maximum atomic E-state index is 13.5. The number of Topliss-reactive ketones (excluding diaryl/α,β-unsaturated/α-hetero) is 1. The largest absolute Gasteiger partial charge is 0.337 e. The number of aryl methyl sites for hydroxylation is 2. The van der Waals surface area contributed by atoms with Crippen LogP contribution in [-0.4, -0.2) is 25.3 Å². The van der Waals surface area contributed by atoms with Gasteiger partial charge in [-0.25, -0.2) is 13.1 Å². The minimum Gasteiger partial charge on any atom is -0.337 e. The van der Waals surface area contributed by atoms with Crippen LogP contribution in [0.25, 0.3) is 0 Å². The van der Waals surface area contributed by atoms with E-state index in [-0.39, 0.29) is 0 Å². The molecule has 0 aliphatic carbocycles. The number of nitrogens with zero attached hydrogens (tertiary/aromatic N) is 1. The summed E-state index contributed by atoms with van der Waals surface area (Å²) in [5.74, 6) is -4.39. The monoisotopic (exact) mass is 463 g/mol. The summed E-state index contributed by atoms with van der Waals surface area (Å²) in [4.78, 5) is 24.7. The minimum atomic E-state index is -5.02. The molecule has 0 saturated carbocycles. The Bertz CT molecular complexity index is 1800. The van der Waals surface area contributed by atoms with Crippen LogP contribution in [0.15, 0.2) is 33.0 Å². The van der Waals surface area contributed by atoms with Crippen LogP contribution in [0.1, 0.15) is 71.2 Å². The lowest BCUT2D eigenvalue weighted by Gasteiger charge is -2.14. The Morgan fingerprint density at radius 3 is 2.83 bits per heavy atom. The Morgan fingerprint density at radius 1 is 1.27 bits per heavy atom. The lowest BCUT2D eigenvalue weighted by atomic mass is 10.0. The van der Waals surface area contributed by atoms with Gasteiger partial charge in [0.15, 0.2) is 5.78 Å². The number of amides is 1. The molecular weight excluding hydrogens is 426 g/mol. The Labute approximate surface area is 200 Å². The van der Waals surface area contributed by atoms with Crippen molar-refractivity contribution in [2.24, 2.45) is 0 Å². The molecule has 3 rings (SSSR count). The predicted octanol–water partition coefficient (Wildman–Crippen LogP) is 4.23. The summed E-state index contributed by atoms with van der Waals surface area (Å²) >= 11 is 0.426. The fraction of sp³-hybridized carbons (Fsp3) is 0.250. The highest BCUT2D eigenvalue weighted by Gasteiger charge is 2.27. The fourth-order valence-electron chi connectivity index (χ4n) is 2.28. The first-order chi connectivity index (χ1) is 20.5. The molecule has 0 atom stereocenters. The molecule has 0 aliphatic rings. The average Bonchev–Trinajstić information content (AvgIpc) is 3.49. The van der Waals surface area contributed by atoms with Crippen LogP contribution < -0.4 is 10.0 Å². The molecule has 30 heavy (non-hydrogen) atoms. The summed E-state index contributed by atoms with van der Waals surface area (Å²) < 4.78 is 156. The number of sulfonamides is 1. The molecule has 0 radical (unpaired) electrons. The highest BCUT2D eigenvalue weighted by Crippen LogP contribution is 2.29. The van der Waals surface area contributed by atoms with Gasteiger partial charge in [0.1, 0.15) is 9.77 Å². The average molecular weight is 464 g/mol. The normalized spacial score (nSPS) is 21.3. The molecular formula is C20H21N3O5S2. The van der Waals surface area contributed by atoms with E-state index in [2.05, 4.69) is 9.68 Å². The van der Waals surface area contributed by atoms with Crippen LogP contribution >= 0.6 is 11.3 Å². The molecule has 2 aromatic heterocycles. The van der Waals surface area contributed by atoms with Crippen LogP contribution in [0.5, 0.6) is 0 Å². The number of benzene rings is 1. The number of nitrogens with one attached hydrogen (secondary N) is 2. The minimum absolute atomic E-state index is 0.426. The summed E-state index contributed by atoms with van der Waals surface area (Å²) in [6.07, 6.45) is 0. The first kappa shape index (κ1) is 9.03. The van der Waals surface area contributed by atoms with Gasteiger partial charge < -0.3 is 9.84 Å². The van der Waals surface area contributed by atoms with E-state index >= 15 is 0 Å².